The molecule has 0 heterocycles. The van der Waals surface area contributed by atoms with Crippen LogP contribution in [0.2, 0.25) is 0 Å². The Kier molecular flexibility index (Phi) is 7.90. The Balaban J connectivity index is 2.39. The van der Waals surface area contributed by atoms with Gasteiger partial charge in [-0.3, -0.25) is 9.10 Å². The number of rotatable bonds is 10. The molecule has 0 aliphatic carbocycles. The number of ether oxygens (including phenoxy) is 3. The number of anilines is 1. The quantitative estimate of drug-likeness (QED) is 0.545. The molecule has 158 valence electrons. The molecule has 0 saturated heterocycles. The standard InChI is InChI=1S/C21H27NO6S/c1-5-26-18-11-13-20(14-12-18)29(24,25)22(15-21(23)27-6-2)17-7-9-19(10-8-17)28-16(3)4/h7-14,16H,5-6,15H2,1-4H3. The van der Waals surface area contributed by atoms with Crippen LogP contribution >= 0.6 is 0 Å². The van der Waals surface area contributed by atoms with Gasteiger partial charge in [-0.25, -0.2) is 8.42 Å². The molecule has 0 saturated carbocycles. The number of hydrogen-bond acceptors (Lipinski definition) is 6. The van der Waals surface area contributed by atoms with Gasteiger partial charge in [0.2, 0.25) is 0 Å². The van der Waals surface area contributed by atoms with Crippen LogP contribution in [0.3, 0.4) is 0 Å². The van der Waals surface area contributed by atoms with Crippen LogP contribution in [0.15, 0.2) is 53.4 Å². The Labute approximate surface area is 172 Å². The molecule has 2 aromatic rings. The zero-order valence-corrected chi connectivity index (χ0v) is 17.9. The van der Waals surface area contributed by atoms with Crippen molar-refractivity contribution in [3.05, 3.63) is 48.5 Å². The van der Waals surface area contributed by atoms with Crippen molar-refractivity contribution in [2.45, 2.75) is 38.7 Å². The zero-order valence-electron chi connectivity index (χ0n) is 17.1. The lowest BCUT2D eigenvalue weighted by Gasteiger charge is -2.24. The summed E-state index contributed by atoms with van der Waals surface area (Å²) in [6, 6.07) is 12.6. The first-order chi connectivity index (χ1) is 13.8. The highest BCUT2D eigenvalue weighted by atomic mass is 32.2. The van der Waals surface area contributed by atoms with Gasteiger partial charge in [0.1, 0.15) is 18.0 Å². The summed E-state index contributed by atoms with van der Waals surface area (Å²) in [6.45, 7) is 7.52. The van der Waals surface area contributed by atoms with Crippen molar-refractivity contribution < 1.29 is 27.4 Å². The molecule has 0 radical (unpaired) electrons. The minimum absolute atomic E-state index is 0.0101. The molecule has 0 fully saturated rings. The maximum atomic E-state index is 13.3. The van der Waals surface area contributed by atoms with Gasteiger partial charge in [0.25, 0.3) is 10.0 Å². The molecule has 0 spiro atoms. The highest BCUT2D eigenvalue weighted by Crippen LogP contribution is 2.27. The van der Waals surface area contributed by atoms with E-state index in [4.69, 9.17) is 14.2 Å². The van der Waals surface area contributed by atoms with Gasteiger partial charge in [0, 0.05) is 0 Å². The van der Waals surface area contributed by atoms with E-state index in [0.717, 1.165) is 4.31 Å². The molecule has 29 heavy (non-hydrogen) atoms. The van der Waals surface area contributed by atoms with Crippen molar-refractivity contribution in [2.24, 2.45) is 0 Å². The predicted molar refractivity (Wildman–Crippen MR) is 111 cm³/mol. The van der Waals surface area contributed by atoms with E-state index in [1.165, 1.54) is 12.1 Å². The van der Waals surface area contributed by atoms with Crippen molar-refractivity contribution >= 4 is 21.7 Å². The van der Waals surface area contributed by atoms with Crippen LogP contribution in [-0.2, 0) is 19.6 Å². The van der Waals surface area contributed by atoms with Gasteiger partial charge >= 0.3 is 5.97 Å². The van der Waals surface area contributed by atoms with Gasteiger partial charge in [-0.15, -0.1) is 0 Å². The van der Waals surface area contributed by atoms with E-state index in [1.807, 2.05) is 20.8 Å². The van der Waals surface area contributed by atoms with Gasteiger partial charge < -0.3 is 14.2 Å². The predicted octanol–water partition coefficient (Wildman–Crippen LogP) is 3.63. The Morgan fingerprint density at radius 3 is 2.03 bits per heavy atom. The number of sulfonamides is 1. The van der Waals surface area contributed by atoms with E-state index in [9.17, 15) is 13.2 Å². The fraction of sp³-hybridized carbons (Fsp3) is 0.381. The number of nitrogens with zero attached hydrogens (tertiary/aromatic N) is 1. The van der Waals surface area contributed by atoms with Crippen LogP contribution in [0.25, 0.3) is 0 Å². The number of hydrogen-bond donors (Lipinski definition) is 0. The van der Waals surface area contributed by atoms with Crippen LogP contribution in [0.4, 0.5) is 5.69 Å². The fourth-order valence-corrected chi connectivity index (χ4v) is 4.01. The summed E-state index contributed by atoms with van der Waals surface area (Å²) < 4.78 is 43.5. The molecule has 0 N–H and O–H groups in total. The highest BCUT2D eigenvalue weighted by molar-refractivity contribution is 7.92. The van der Waals surface area contributed by atoms with Gasteiger partial charge in [0.05, 0.1) is 29.9 Å². The van der Waals surface area contributed by atoms with Crippen molar-refractivity contribution in [1.82, 2.24) is 0 Å². The van der Waals surface area contributed by atoms with Crippen molar-refractivity contribution in [3.63, 3.8) is 0 Å². The van der Waals surface area contributed by atoms with Crippen LogP contribution in [0.5, 0.6) is 11.5 Å². The molecule has 2 rings (SSSR count). The highest BCUT2D eigenvalue weighted by Gasteiger charge is 2.28. The second kappa shape index (κ2) is 10.2. The van der Waals surface area contributed by atoms with E-state index in [-0.39, 0.29) is 17.6 Å². The first-order valence-electron chi connectivity index (χ1n) is 9.45. The van der Waals surface area contributed by atoms with Gasteiger partial charge in [-0.1, -0.05) is 0 Å². The third-order valence-electron chi connectivity index (χ3n) is 3.80. The van der Waals surface area contributed by atoms with Crippen LogP contribution in [0, 0.1) is 0 Å². The van der Waals surface area contributed by atoms with E-state index in [0.29, 0.717) is 23.8 Å². The van der Waals surface area contributed by atoms with Gasteiger partial charge in [0.15, 0.2) is 0 Å². The van der Waals surface area contributed by atoms with Crippen LogP contribution < -0.4 is 13.8 Å². The minimum Gasteiger partial charge on any atom is -0.494 e. The molecule has 0 unspecified atom stereocenters. The molecule has 0 aromatic heterocycles. The second-order valence-electron chi connectivity index (χ2n) is 6.38. The maximum absolute atomic E-state index is 13.3. The lowest BCUT2D eigenvalue weighted by molar-refractivity contribution is -0.141. The van der Waals surface area contributed by atoms with Crippen molar-refractivity contribution in [3.8, 4) is 11.5 Å². The maximum Gasteiger partial charge on any atom is 0.326 e. The normalized spacial score (nSPS) is 11.2. The molecule has 0 atom stereocenters. The number of carbonyl (C=O) groups is 1. The Morgan fingerprint density at radius 2 is 1.52 bits per heavy atom. The lowest BCUT2D eigenvalue weighted by Crippen LogP contribution is -2.36. The smallest absolute Gasteiger partial charge is 0.326 e. The topological polar surface area (TPSA) is 82.1 Å². The van der Waals surface area contributed by atoms with E-state index in [2.05, 4.69) is 0 Å². The summed E-state index contributed by atoms with van der Waals surface area (Å²) in [6.07, 6.45) is -0.0101. The summed E-state index contributed by atoms with van der Waals surface area (Å²) in [5.41, 5.74) is 0.336. The SMILES string of the molecule is CCOC(=O)CN(c1ccc(OC(C)C)cc1)S(=O)(=O)c1ccc(OCC)cc1. The van der Waals surface area contributed by atoms with E-state index >= 15 is 0 Å². The monoisotopic (exact) mass is 421 g/mol. The van der Waals surface area contributed by atoms with Crippen molar-refractivity contribution in [1.29, 1.82) is 0 Å². The van der Waals surface area contributed by atoms with Gasteiger partial charge in [-0.2, -0.15) is 0 Å². The molecule has 7 nitrogen and oxygen atoms in total. The second-order valence-corrected chi connectivity index (χ2v) is 8.24. The van der Waals surface area contributed by atoms with Crippen molar-refractivity contribution in [2.75, 3.05) is 24.1 Å². The molecule has 8 heteroatoms. The molecular formula is C21H27NO6S. The Hall–Kier alpha value is -2.74. The van der Waals surface area contributed by atoms with Crippen LogP contribution in [0.1, 0.15) is 27.7 Å². The third-order valence-corrected chi connectivity index (χ3v) is 5.59. The number of esters is 1. The molecular weight excluding hydrogens is 394 g/mol. The molecule has 0 aliphatic heterocycles. The first kappa shape index (κ1) is 22.5. The van der Waals surface area contributed by atoms with E-state index < -0.39 is 22.5 Å². The lowest BCUT2D eigenvalue weighted by atomic mass is 10.3. The molecule has 0 amide bonds. The Bertz CT molecular complexity index is 892. The summed E-state index contributed by atoms with van der Waals surface area (Å²) in [5.74, 6) is 0.543. The molecule has 2 aromatic carbocycles. The summed E-state index contributed by atoms with van der Waals surface area (Å²) >= 11 is 0. The molecule has 0 aliphatic rings. The number of benzene rings is 2. The first-order valence-corrected chi connectivity index (χ1v) is 10.9. The number of carbonyl (C=O) groups excluding carboxylic acids is 1. The summed E-state index contributed by atoms with van der Waals surface area (Å²) in [5, 5.41) is 0. The average molecular weight is 422 g/mol. The zero-order chi connectivity index (χ0) is 21.4. The van der Waals surface area contributed by atoms with E-state index in [1.54, 1.807) is 43.3 Å². The third kappa shape index (κ3) is 6.12. The average Bonchev–Trinajstić information content (AvgIpc) is 2.67. The summed E-state index contributed by atoms with van der Waals surface area (Å²) in [7, 11) is -4.00. The molecule has 0 bridgehead atoms. The minimum atomic E-state index is -4.00. The fourth-order valence-electron chi connectivity index (χ4n) is 2.60. The van der Waals surface area contributed by atoms with Gasteiger partial charge in [-0.05, 0) is 76.2 Å². The Morgan fingerprint density at radius 1 is 0.931 bits per heavy atom. The summed E-state index contributed by atoms with van der Waals surface area (Å²) in [4.78, 5) is 12.1. The van der Waals surface area contributed by atoms with Crippen LogP contribution in [-0.4, -0.2) is 40.2 Å². The largest absolute Gasteiger partial charge is 0.494 e.